The second kappa shape index (κ2) is 12.8. The molecule has 3 saturated carbocycles. The first kappa shape index (κ1) is 29.9. The Morgan fingerprint density at radius 3 is 2.40 bits per heavy atom. The van der Waals surface area contributed by atoms with Gasteiger partial charge >= 0.3 is 0 Å². The summed E-state index contributed by atoms with van der Waals surface area (Å²) >= 11 is 0. The quantitative estimate of drug-likeness (QED) is 0.228. The molecule has 0 saturated heterocycles. The summed E-state index contributed by atoms with van der Waals surface area (Å²) in [6.45, 7) is 5.61. The number of aromatic hydroxyl groups is 1. The second-order valence-electron chi connectivity index (χ2n) is 14.5. The fourth-order valence-corrected chi connectivity index (χ4v) is 9.78. The van der Waals surface area contributed by atoms with E-state index in [1.165, 1.54) is 88.2 Å². The maximum Gasteiger partial charge on any atom is 0.222 e. The van der Waals surface area contributed by atoms with Crippen LogP contribution in [0, 0.1) is 28.6 Å². The van der Waals surface area contributed by atoms with Crippen LogP contribution in [-0.2, 0) is 11.2 Å². The molecule has 40 heavy (non-hydrogen) atoms. The van der Waals surface area contributed by atoms with Gasteiger partial charge in [-0.15, -0.1) is 0 Å². The maximum absolute atomic E-state index is 12.2. The Hall–Kier alpha value is -1.55. The van der Waals surface area contributed by atoms with Crippen LogP contribution in [0.2, 0.25) is 0 Å². The molecule has 4 aliphatic rings. The SMILES string of the molecule is CCCCN(C)C(=O)CCCCCCCCCCC1Cc2cc(O)ccc2C2CC[C@@]3(C)C(C[C@@H](O)C34CC4)C12. The Kier molecular flexibility index (Phi) is 9.54. The van der Waals surface area contributed by atoms with Crippen LogP contribution in [-0.4, -0.2) is 40.7 Å². The lowest BCUT2D eigenvalue weighted by Gasteiger charge is -2.54. The molecule has 1 aromatic rings. The molecule has 3 fully saturated rings. The number of unbranched alkanes of at least 4 members (excludes halogenated alkanes) is 8. The van der Waals surface area contributed by atoms with E-state index in [0.717, 1.165) is 38.6 Å². The normalized spacial score (nSPS) is 31.4. The van der Waals surface area contributed by atoms with Crippen molar-refractivity contribution in [3.63, 3.8) is 0 Å². The standard InChI is InChI=1S/C36H57NO3/c1-4-5-22-37(3)33(40)15-13-11-9-7-6-8-10-12-14-26-23-27-24-28(38)16-17-29(27)30-18-19-35(2)31(34(26)30)25-32(39)36(35)20-21-36/h16-17,24,26,30-32,34,38-39H,4-15,18-23,25H2,1-3H3/t26?,30?,31?,32-,34?,35+/m1/s1. The van der Waals surface area contributed by atoms with Crippen LogP contribution in [0.5, 0.6) is 5.75 Å². The zero-order valence-electron chi connectivity index (χ0n) is 25.8. The predicted molar refractivity (Wildman–Crippen MR) is 163 cm³/mol. The zero-order chi connectivity index (χ0) is 28.3. The molecule has 6 atom stereocenters. The van der Waals surface area contributed by atoms with Crippen molar-refractivity contribution >= 4 is 5.91 Å². The number of rotatable bonds is 14. The molecule has 0 heterocycles. The molecular weight excluding hydrogens is 494 g/mol. The Bertz CT molecular complexity index is 1000. The van der Waals surface area contributed by atoms with Crippen molar-refractivity contribution in [2.45, 2.75) is 141 Å². The van der Waals surface area contributed by atoms with Crippen LogP contribution in [0.25, 0.3) is 0 Å². The molecule has 4 nitrogen and oxygen atoms in total. The molecule has 5 rings (SSSR count). The number of phenolic OH excluding ortho intramolecular Hbond substituents is 1. The van der Waals surface area contributed by atoms with Crippen molar-refractivity contribution < 1.29 is 15.0 Å². The number of hydrogen-bond donors (Lipinski definition) is 2. The van der Waals surface area contributed by atoms with E-state index in [0.29, 0.717) is 47.2 Å². The number of carbonyl (C=O) groups is 1. The van der Waals surface area contributed by atoms with E-state index in [4.69, 9.17) is 0 Å². The zero-order valence-corrected chi connectivity index (χ0v) is 25.8. The van der Waals surface area contributed by atoms with E-state index in [-0.39, 0.29) is 11.5 Å². The van der Waals surface area contributed by atoms with Crippen LogP contribution in [0.3, 0.4) is 0 Å². The molecule has 4 aliphatic carbocycles. The number of aliphatic hydroxyl groups excluding tert-OH is 1. The van der Waals surface area contributed by atoms with Crippen LogP contribution in [0.4, 0.5) is 0 Å². The molecule has 0 aliphatic heterocycles. The third kappa shape index (κ3) is 5.86. The van der Waals surface area contributed by atoms with Gasteiger partial charge in [-0.3, -0.25) is 4.79 Å². The number of hydrogen-bond acceptors (Lipinski definition) is 3. The fourth-order valence-electron chi connectivity index (χ4n) is 9.78. The monoisotopic (exact) mass is 551 g/mol. The lowest BCUT2D eigenvalue weighted by atomic mass is 9.50. The minimum absolute atomic E-state index is 0.0943. The highest BCUT2D eigenvalue weighted by molar-refractivity contribution is 5.75. The van der Waals surface area contributed by atoms with Crippen LogP contribution in [0.1, 0.15) is 140 Å². The largest absolute Gasteiger partial charge is 0.508 e. The first-order valence-corrected chi connectivity index (χ1v) is 17.0. The van der Waals surface area contributed by atoms with Crippen LogP contribution in [0.15, 0.2) is 18.2 Å². The molecule has 0 aromatic heterocycles. The summed E-state index contributed by atoms with van der Waals surface area (Å²) in [5, 5.41) is 21.5. The summed E-state index contributed by atoms with van der Waals surface area (Å²) in [7, 11) is 1.95. The van der Waals surface area contributed by atoms with Gasteiger partial charge in [0.05, 0.1) is 6.10 Å². The summed E-state index contributed by atoms with van der Waals surface area (Å²) in [4.78, 5) is 14.1. The third-order valence-corrected chi connectivity index (χ3v) is 12.3. The Morgan fingerprint density at radius 2 is 1.70 bits per heavy atom. The molecule has 2 N–H and O–H groups in total. The van der Waals surface area contributed by atoms with Gasteiger partial charge in [0, 0.05) is 25.4 Å². The summed E-state index contributed by atoms with van der Waals surface area (Å²) < 4.78 is 0. The first-order chi connectivity index (χ1) is 19.3. The van der Waals surface area contributed by atoms with Gasteiger partial charge in [0.25, 0.3) is 0 Å². The van der Waals surface area contributed by atoms with Crippen molar-refractivity contribution in [1.82, 2.24) is 4.90 Å². The van der Waals surface area contributed by atoms with E-state index in [9.17, 15) is 15.0 Å². The predicted octanol–water partition coefficient (Wildman–Crippen LogP) is 8.38. The highest BCUT2D eigenvalue weighted by atomic mass is 16.3. The van der Waals surface area contributed by atoms with Gasteiger partial charge in [0.1, 0.15) is 5.75 Å². The summed E-state index contributed by atoms with van der Waals surface area (Å²) in [6.07, 6.45) is 21.3. The van der Waals surface area contributed by atoms with Crippen molar-refractivity contribution in [2.75, 3.05) is 13.6 Å². The van der Waals surface area contributed by atoms with Crippen molar-refractivity contribution in [1.29, 1.82) is 0 Å². The minimum Gasteiger partial charge on any atom is -0.508 e. The highest BCUT2D eigenvalue weighted by Gasteiger charge is 2.71. The van der Waals surface area contributed by atoms with E-state index in [1.54, 1.807) is 0 Å². The summed E-state index contributed by atoms with van der Waals surface area (Å²) in [6, 6.07) is 6.18. The molecule has 0 bridgehead atoms. The smallest absolute Gasteiger partial charge is 0.222 e. The van der Waals surface area contributed by atoms with Gasteiger partial charge in [-0.2, -0.15) is 0 Å². The molecule has 4 unspecified atom stereocenters. The fraction of sp³-hybridized carbons (Fsp3) is 0.806. The van der Waals surface area contributed by atoms with E-state index < -0.39 is 0 Å². The van der Waals surface area contributed by atoms with E-state index >= 15 is 0 Å². The lowest BCUT2D eigenvalue weighted by molar-refractivity contribution is -0.130. The van der Waals surface area contributed by atoms with Crippen molar-refractivity contribution in [2.24, 2.45) is 28.6 Å². The molecule has 224 valence electrons. The van der Waals surface area contributed by atoms with Crippen LogP contribution >= 0.6 is 0 Å². The molecule has 4 heteroatoms. The summed E-state index contributed by atoms with van der Waals surface area (Å²) in [5.41, 5.74) is 3.43. The first-order valence-electron chi connectivity index (χ1n) is 17.0. The van der Waals surface area contributed by atoms with Gasteiger partial charge in [-0.25, -0.2) is 0 Å². The Balaban J connectivity index is 1.07. The number of benzene rings is 1. The van der Waals surface area contributed by atoms with Gasteiger partial charge in [-0.1, -0.05) is 71.3 Å². The highest BCUT2D eigenvalue weighted by Crippen LogP contribution is 2.76. The summed E-state index contributed by atoms with van der Waals surface area (Å²) in [5.74, 6) is 3.35. The van der Waals surface area contributed by atoms with Gasteiger partial charge in [0.15, 0.2) is 0 Å². The Morgan fingerprint density at radius 1 is 1.00 bits per heavy atom. The molecule has 1 amide bonds. The number of carbonyl (C=O) groups excluding carboxylic acids is 1. The topological polar surface area (TPSA) is 60.8 Å². The number of amides is 1. The molecular formula is C36H57NO3. The van der Waals surface area contributed by atoms with Gasteiger partial charge < -0.3 is 15.1 Å². The lowest BCUT2D eigenvalue weighted by Crippen LogP contribution is -2.46. The Labute approximate surface area is 244 Å². The van der Waals surface area contributed by atoms with Crippen molar-refractivity contribution in [3.05, 3.63) is 29.3 Å². The minimum atomic E-state index is -0.0943. The average Bonchev–Trinajstić information content (AvgIpc) is 3.73. The maximum atomic E-state index is 12.2. The molecule has 1 spiro atoms. The van der Waals surface area contributed by atoms with Crippen LogP contribution < -0.4 is 0 Å². The molecule has 1 aromatic carbocycles. The van der Waals surface area contributed by atoms with Gasteiger partial charge in [-0.05, 0) is 110 Å². The number of nitrogens with zero attached hydrogens (tertiary/aromatic N) is 1. The number of aliphatic hydroxyl groups is 1. The third-order valence-electron chi connectivity index (χ3n) is 12.3. The number of fused-ring (bicyclic) bond motifs is 6. The van der Waals surface area contributed by atoms with Crippen molar-refractivity contribution in [3.8, 4) is 5.75 Å². The average molecular weight is 552 g/mol. The second-order valence-corrected chi connectivity index (χ2v) is 14.5. The molecule has 0 radical (unpaired) electrons. The van der Waals surface area contributed by atoms with E-state index in [2.05, 4.69) is 26.0 Å². The number of phenols is 1. The van der Waals surface area contributed by atoms with E-state index in [1.807, 2.05) is 18.0 Å². The van der Waals surface area contributed by atoms with Gasteiger partial charge in [0.2, 0.25) is 5.91 Å².